The van der Waals surface area contributed by atoms with E-state index in [9.17, 15) is 9.50 Å². The second-order valence-corrected chi connectivity index (χ2v) is 5.81. The molecule has 112 valence electrons. The lowest BCUT2D eigenvalue weighted by atomic mass is 9.87. The zero-order chi connectivity index (χ0) is 14.7. The van der Waals surface area contributed by atoms with Crippen LogP contribution in [0.25, 0.3) is 0 Å². The summed E-state index contributed by atoms with van der Waals surface area (Å²) < 4.78 is 14.0. The van der Waals surface area contributed by atoms with E-state index in [-0.39, 0.29) is 17.6 Å². The molecular weight excluding hydrogens is 255 g/mol. The van der Waals surface area contributed by atoms with Gasteiger partial charge in [0.1, 0.15) is 11.6 Å². The molecule has 1 saturated heterocycles. The van der Waals surface area contributed by atoms with Crippen LogP contribution in [0, 0.1) is 11.7 Å². The molecule has 1 heterocycles. The maximum atomic E-state index is 14.0. The Hall–Kier alpha value is -1.13. The summed E-state index contributed by atoms with van der Waals surface area (Å²) in [4.78, 5) is 2.31. The Labute approximate surface area is 120 Å². The third-order valence-corrected chi connectivity index (χ3v) is 4.65. The number of hydrogen-bond acceptors (Lipinski definition) is 3. The van der Waals surface area contributed by atoms with Crippen LogP contribution in [0.5, 0.6) is 5.75 Å². The van der Waals surface area contributed by atoms with Gasteiger partial charge >= 0.3 is 0 Å². The molecule has 4 heteroatoms. The first-order chi connectivity index (χ1) is 9.56. The van der Waals surface area contributed by atoms with Crippen LogP contribution >= 0.6 is 0 Å². The highest BCUT2D eigenvalue weighted by Gasteiger charge is 2.31. The number of halogens is 1. The van der Waals surface area contributed by atoms with Gasteiger partial charge in [0.25, 0.3) is 0 Å². The van der Waals surface area contributed by atoms with Gasteiger partial charge in [-0.2, -0.15) is 0 Å². The minimum Gasteiger partial charge on any atom is -0.508 e. The molecule has 1 aromatic rings. The van der Waals surface area contributed by atoms with E-state index in [0.717, 1.165) is 25.3 Å². The van der Waals surface area contributed by atoms with Gasteiger partial charge in [-0.15, -0.1) is 0 Å². The fourth-order valence-corrected chi connectivity index (χ4v) is 3.30. The molecule has 1 aliphatic rings. The second-order valence-electron chi connectivity index (χ2n) is 5.81. The van der Waals surface area contributed by atoms with Gasteiger partial charge in [0, 0.05) is 30.3 Å². The van der Waals surface area contributed by atoms with Crippen molar-refractivity contribution in [3.8, 4) is 5.75 Å². The number of nitrogens with two attached hydrogens (primary N) is 1. The number of piperidine rings is 1. The third kappa shape index (κ3) is 3.13. The van der Waals surface area contributed by atoms with Crippen molar-refractivity contribution in [2.45, 2.75) is 45.2 Å². The number of hydrogen-bond donors (Lipinski definition) is 2. The molecule has 0 aromatic heterocycles. The van der Waals surface area contributed by atoms with Crippen molar-refractivity contribution in [2.75, 3.05) is 13.1 Å². The van der Waals surface area contributed by atoms with Crippen molar-refractivity contribution in [3.63, 3.8) is 0 Å². The molecule has 2 rings (SSSR count). The van der Waals surface area contributed by atoms with Gasteiger partial charge in [-0.25, -0.2) is 4.39 Å². The fraction of sp³-hybridized carbons (Fsp3) is 0.625. The van der Waals surface area contributed by atoms with E-state index in [0.29, 0.717) is 18.2 Å². The first-order valence-electron chi connectivity index (χ1n) is 7.51. The minimum absolute atomic E-state index is 0.0121. The first-order valence-corrected chi connectivity index (χ1v) is 7.51. The van der Waals surface area contributed by atoms with Gasteiger partial charge in [0.05, 0.1) is 0 Å². The molecule has 0 radical (unpaired) electrons. The van der Waals surface area contributed by atoms with Gasteiger partial charge < -0.3 is 10.8 Å². The molecule has 0 spiro atoms. The summed E-state index contributed by atoms with van der Waals surface area (Å²) >= 11 is 0. The van der Waals surface area contributed by atoms with Crippen molar-refractivity contribution in [3.05, 3.63) is 29.6 Å². The topological polar surface area (TPSA) is 49.5 Å². The van der Waals surface area contributed by atoms with Crippen LogP contribution in [0.3, 0.4) is 0 Å². The molecule has 3 nitrogen and oxygen atoms in total. The van der Waals surface area contributed by atoms with E-state index in [1.165, 1.54) is 12.5 Å². The lowest BCUT2D eigenvalue weighted by Crippen LogP contribution is -2.47. The number of benzene rings is 1. The molecule has 20 heavy (non-hydrogen) atoms. The fourth-order valence-electron chi connectivity index (χ4n) is 3.30. The molecule has 0 amide bonds. The van der Waals surface area contributed by atoms with Gasteiger partial charge in [-0.05, 0) is 38.3 Å². The number of aromatic hydroxyl groups is 1. The van der Waals surface area contributed by atoms with Crippen molar-refractivity contribution < 1.29 is 9.50 Å². The summed E-state index contributed by atoms with van der Waals surface area (Å²) in [7, 11) is 0. The van der Waals surface area contributed by atoms with Gasteiger partial charge in [0.15, 0.2) is 0 Å². The highest BCUT2D eigenvalue weighted by molar-refractivity contribution is 5.29. The Kier molecular flexibility index (Phi) is 5.00. The Morgan fingerprint density at radius 1 is 1.50 bits per heavy atom. The molecule has 3 N–H and O–H groups in total. The zero-order valence-electron chi connectivity index (χ0n) is 12.3. The maximum absolute atomic E-state index is 14.0. The van der Waals surface area contributed by atoms with Gasteiger partial charge in [0.2, 0.25) is 0 Å². The normalized spacial score (nSPS) is 25.6. The standard InChI is InChI=1S/C16H25FN2O/c1-3-12-6-7-19(13(8-12)10-18)11(2)15-5-4-14(20)9-16(15)17/h4-5,9,11-13,20H,3,6-8,10,18H2,1-2H3. The first kappa shape index (κ1) is 15.3. The largest absolute Gasteiger partial charge is 0.508 e. The van der Waals surface area contributed by atoms with Crippen LogP contribution < -0.4 is 5.73 Å². The molecule has 0 aliphatic carbocycles. The Morgan fingerprint density at radius 2 is 2.25 bits per heavy atom. The quantitative estimate of drug-likeness (QED) is 0.891. The smallest absolute Gasteiger partial charge is 0.131 e. The van der Waals surface area contributed by atoms with E-state index in [2.05, 4.69) is 11.8 Å². The van der Waals surface area contributed by atoms with E-state index in [4.69, 9.17) is 5.73 Å². The van der Waals surface area contributed by atoms with Crippen molar-refractivity contribution >= 4 is 0 Å². The third-order valence-electron chi connectivity index (χ3n) is 4.65. The van der Waals surface area contributed by atoms with Crippen LogP contribution in [-0.2, 0) is 0 Å². The van der Waals surface area contributed by atoms with Gasteiger partial charge in [-0.3, -0.25) is 4.90 Å². The minimum atomic E-state index is -0.342. The van der Waals surface area contributed by atoms with Crippen LogP contribution in [0.1, 0.15) is 44.7 Å². The van der Waals surface area contributed by atoms with Crippen LogP contribution in [0.15, 0.2) is 18.2 Å². The Bertz CT molecular complexity index is 452. The zero-order valence-corrected chi connectivity index (χ0v) is 12.3. The summed E-state index contributed by atoms with van der Waals surface area (Å²) in [6.45, 7) is 5.81. The molecule has 1 aromatic carbocycles. The van der Waals surface area contributed by atoms with Crippen molar-refractivity contribution in [1.82, 2.24) is 4.90 Å². The number of likely N-dealkylation sites (tertiary alicyclic amines) is 1. The van der Waals surface area contributed by atoms with Crippen LogP contribution in [-0.4, -0.2) is 29.1 Å². The number of rotatable bonds is 4. The summed E-state index contributed by atoms with van der Waals surface area (Å²) in [6, 6.07) is 4.71. The number of phenolic OH excluding ortho intramolecular Hbond substituents is 1. The van der Waals surface area contributed by atoms with E-state index < -0.39 is 0 Å². The summed E-state index contributed by atoms with van der Waals surface area (Å²) in [5, 5.41) is 9.32. The molecular formula is C16H25FN2O. The lowest BCUT2D eigenvalue weighted by Gasteiger charge is -2.42. The Morgan fingerprint density at radius 3 is 2.85 bits per heavy atom. The molecule has 1 aliphatic heterocycles. The predicted octanol–water partition coefficient (Wildman–Crippen LogP) is 3.04. The summed E-state index contributed by atoms with van der Waals surface area (Å²) in [6.07, 6.45) is 3.43. The average molecular weight is 280 g/mol. The van der Waals surface area contributed by atoms with E-state index >= 15 is 0 Å². The van der Waals surface area contributed by atoms with Crippen molar-refractivity contribution in [2.24, 2.45) is 11.7 Å². The van der Waals surface area contributed by atoms with Gasteiger partial charge in [-0.1, -0.05) is 19.4 Å². The Balaban J connectivity index is 2.17. The molecule has 3 unspecified atom stereocenters. The predicted molar refractivity (Wildman–Crippen MR) is 79.0 cm³/mol. The summed E-state index contributed by atoms with van der Waals surface area (Å²) in [5.74, 6) is 0.362. The average Bonchev–Trinajstić information content (AvgIpc) is 2.46. The molecule has 0 bridgehead atoms. The highest BCUT2D eigenvalue weighted by atomic mass is 19.1. The SMILES string of the molecule is CCC1CCN(C(C)c2ccc(O)cc2F)C(CN)C1. The number of nitrogens with zero attached hydrogens (tertiary/aromatic N) is 1. The van der Waals surface area contributed by atoms with Crippen LogP contribution in [0.2, 0.25) is 0 Å². The second kappa shape index (κ2) is 6.55. The molecule has 1 fully saturated rings. The van der Waals surface area contributed by atoms with Crippen LogP contribution in [0.4, 0.5) is 4.39 Å². The maximum Gasteiger partial charge on any atom is 0.131 e. The lowest BCUT2D eigenvalue weighted by molar-refractivity contribution is 0.0757. The number of phenols is 1. The molecule has 3 atom stereocenters. The molecule has 0 saturated carbocycles. The van der Waals surface area contributed by atoms with Crippen molar-refractivity contribution in [1.29, 1.82) is 0 Å². The summed E-state index contributed by atoms with van der Waals surface area (Å²) in [5.41, 5.74) is 6.55. The monoisotopic (exact) mass is 280 g/mol. The highest BCUT2D eigenvalue weighted by Crippen LogP contribution is 2.33. The van der Waals surface area contributed by atoms with E-state index in [1.807, 2.05) is 6.92 Å². The van der Waals surface area contributed by atoms with E-state index in [1.54, 1.807) is 12.1 Å².